The maximum absolute atomic E-state index is 12.3. The third-order valence-corrected chi connectivity index (χ3v) is 4.18. The molecule has 118 valence electrons. The monoisotopic (exact) mass is 306 g/mol. The lowest BCUT2D eigenvalue weighted by Gasteiger charge is -2.50. The Kier molecular flexibility index (Phi) is 3.44. The number of carboxylic acids is 1. The zero-order chi connectivity index (χ0) is 15.9. The van der Waals surface area contributed by atoms with E-state index in [9.17, 15) is 9.59 Å². The van der Waals surface area contributed by atoms with Crippen molar-refractivity contribution in [2.45, 2.75) is 25.1 Å². The van der Waals surface area contributed by atoms with Crippen LogP contribution in [0.3, 0.4) is 0 Å². The molecule has 22 heavy (non-hydrogen) atoms. The fourth-order valence-electron chi connectivity index (χ4n) is 3.07. The molecule has 2 bridgehead atoms. The Morgan fingerprint density at radius 2 is 2.36 bits per heavy atom. The number of fused-ring (bicyclic) bond motifs is 4. The van der Waals surface area contributed by atoms with E-state index in [1.54, 1.807) is 24.1 Å². The van der Waals surface area contributed by atoms with Crippen LogP contribution < -0.4 is 10.1 Å². The summed E-state index contributed by atoms with van der Waals surface area (Å²) in [6, 6.07) is 4.23. The van der Waals surface area contributed by atoms with Gasteiger partial charge in [0.15, 0.2) is 5.72 Å². The SMILES string of the molecule is COCCN1C(=O)N[C@@H]2C[C@]1(C)Oc1ccc(C(=O)O)cc12. The van der Waals surface area contributed by atoms with Gasteiger partial charge in [0.25, 0.3) is 0 Å². The van der Waals surface area contributed by atoms with E-state index >= 15 is 0 Å². The second-order valence-corrected chi connectivity index (χ2v) is 5.69. The van der Waals surface area contributed by atoms with Crippen LogP contribution in [0, 0.1) is 0 Å². The van der Waals surface area contributed by atoms with Gasteiger partial charge in [-0.15, -0.1) is 0 Å². The first-order valence-electron chi connectivity index (χ1n) is 7.08. The number of amides is 2. The number of aromatic carboxylic acids is 1. The summed E-state index contributed by atoms with van der Waals surface area (Å²) in [4.78, 5) is 25.0. The van der Waals surface area contributed by atoms with Gasteiger partial charge in [-0.3, -0.25) is 4.90 Å². The summed E-state index contributed by atoms with van der Waals surface area (Å²) < 4.78 is 11.1. The highest BCUT2D eigenvalue weighted by atomic mass is 16.5. The van der Waals surface area contributed by atoms with E-state index in [-0.39, 0.29) is 17.6 Å². The molecular formula is C15H18N2O5. The standard InChI is InChI=1S/C15H18N2O5/c1-15-8-11(16-14(20)17(15)5-6-21-2)10-7-9(13(18)19)3-4-12(10)22-15/h3-4,7,11H,5-6,8H2,1-2H3,(H,16,20)(H,18,19)/t11-,15+/m1/s1. The molecule has 0 radical (unpaired) electrons. The predicted octanol–water partition coefficient (Wildman–Crippen LogP) is 1.60. The number of rotatable bonds is 4. The van der Waals surface area contributed by atoms with Gasteiger partial charge in [0.1, 0.15) is 5.75 Å². The maximum Gasteiger partial charge on any atom is 0.335 e. The van der Waals surface area contributed by atoms with Crippen molar-refractivity contribution < 1.29 is 24.2 Å². The molecule has 2 atom stereocenters. The fourth-order valence-corrected chi connectivity index (χ4v) is 3.07. The van der Waals surface area contributed by atoms with Crippen LogP contribution in [-0.4, -0.2) is 48.0 Å². The van der Waals surface area contributed by atoms with Gasteiger partial charge in [-0.2, -0.15) is 0 Å². The number of benzene rings is 1. The normalized spacial score (nSPS) is 26.0. The highest BCUT2D eigenvalue weighted by Crippen LogP contribution is 2.44. The van der Waals surface area contributed by atoms with Crippen molar-refractivity contribution in [2.24, 2.45) is 0 Å². The molecule has 0 aliphatic carbocycles. The molecule has 2 heterocycles. The predicted molar refractivity (Wildman–Crippen MR) is 76.9 cm³/mol. The van der Waals surface area contributed by atoms with Crippen molar-refractivity contribution in [3.05, 3.63) is 29.3 Å². The molecule has 0 aromatic heterocycles. The van der Waals surface area contributed by atoms with Crippen LogP contribution in [0.15, 0.2) is 18.2 Å². The molecule has 1 aromatic rings. The summed E-state index contributed by atoms with van der Waals surface area (Å²) in [6.07, 6.45) is 0.554. The molecule has 1 saturated heterocycles. The van der Waals surface area contributed by atoms with E-state index < -0.39 is 11.7 Å². The molecule has 3 rings (SSSR count). The van der Waals surface area contributed by atoms with Gasteiger partial charge in [-0.1, -0.05) is 0 Å². The van der Waals surface area contributed by atoms with Gasteiger partial charge in [-0.05, 0) is 25.1 Å². The van der Waals surface area contributed by atoms with E-state index in [2.05, 4.69) is 5.32 Å². The quantitative estimate of drug-likeness (QED) is 0.882. The molecule has 7 heteroatoms. The molecule has 0 unspecified atom stereocenters. The summed E-state index contributed by atoms with van der Waals surface area (Å²) in [6.45, 7) is 2.71. The first-order valence-corrected chi connectivity index (χ1v) is 7.08. The minimum atomic E-state index is -1.00. The summed E-state index contributed by atoms with van der Waals surface area (Å²) in [5.41, 5.74) is 0.127. The molecule has 1 fully saturated rings. The van der Waals surface area contributed by atoms with Crippen LogP contribution in [0.5, 0.6) is 5.75 Å². The van der Waals surface area contributed by atoms with Crippen LogP contribution in [0.25, 0.3) is 0 Å². The highest BCUT2D eigenvalue weighted by Gasteiger charge is 2.48. The van der Waals surface area contributed by atoms with E-state index in [1.807, 2.05) is 6.92 Å². The lowest BCUT2D eigenvalue weighted by atomic mass is 9.89. The molecule has 2 amide bonds. The topological polar surface area (TPSA) is 88.1 Å². The van der Waals surface area contributed by atoms with Crippen molar-refractivity contribution in [3.63, 3.8) is 0 Å². The van der Waals surface area contributed by atoms with Crippen LogP contribution in [0.4, 0.5) is 4.79 Å². The average molecular weight is 306 g/mol. The van der Waals surface area contributed by atoms with Crippen LogP contribution in [0.2, 0.25) is 0 Å². The number of carbonyl (C=O) groups is 2. The van der Waals surface area contributed by atoms with E-state index in [0.717, 1.165) is 0 Å². The lowest BCUT2D eigenvalue weighted by Crippen LogP contribution is -2.65. The van der Waals surface area contributed by atoms with Crippen LogP contribution in [-0.2, 0) is 4.74 Å². The van der Waals surface area contributed by atoms with E-state index in [0.29, 0.717) is 30.9 Å². The smallest absolute Gasteiger partial charge is 0.335 e. The number of nitrogens with zero attached hydrogens (tertiary/aromatic N) is 1. The number of carbonyl (C=O) groups excluding carboxylic acids is 1. The number of urea groups is 1. The summed E-state index contributed by atoms with van der Waals surface area (Å²) in [5, 5.41) is 12.0. The van der Waals surface area contributed by atoms with Gasteiger partial charge >= 0.3 is 12.0 Å². The summed E-state index contributed by atoms with van der Waals surface area (Å²) in [5.74, 6) is -0.397. The van der Waals surface area contributed by atoms with Crippen molar-refractivity contribution in [2.75, 3.05) is 20.3 Å². The van der Waals surface area contributed by atoms with Gasteiger partial charge < -0.3 is 19.9 Å². The maximum atomic E-state index is 12.3. The number of carboxylic acid groups (broad SMARTS) is 1. The molecule has 7 nitrogen and oxygen atoms in total. The molecule has 2 N–H and O–H groups in total. The van der Waals surface area contributed by atoms with Crippen molar-refractivity contribution >= 4 is 12.0 Å². The Labute approximate surface area is 127 Å². The van der Waals surface area contributed by atoms with Gasteiger partial charge in [0.05, 0.1) is 18.2 Å². The third-order valence-electron chi connectivity index (χ3n) is 4.18. The first kappa shape index (κ1) is 14.6. The number of nitrogens with one attached hydrogen (secondary N) is 1. The summed E-state index contributed by atoms with van der Waals surface area (Å²) in [7, 11) is 1.58. The van der Waals surface area contributed by atoms with Gasteiger partial charge in [0.2, 0.25) is 0 Å². The van der Waals surface area contributed by atoms with Crippen molar-refractivity contribution in [1.82, 2.24) is 10.2 Å². The molecule has 0 saturated carbocycles. The van der Waals surface area contributed by atoms with Crippen molar-refractivity contribution in [1.29, 1.82) is 0 Å². The average Bonchev–Trinajstić information content (AvgIpc) is 2.46. The summed E-state index contributed by atoms with van der Waals surface area (Å²) >= 11 is 0. The van der Waals surface area contributed by atoms with Gasteiger partial charge in [-0.25, -0.2) is 9.59 Å². The Balaban J connectivity index is 1.96. The van der Waals surface area contributed by atoms with E-state index in [1.165, 1.54) is 6.07 Å². The second kappa shape index (κ2) is 5.17. The Hall–Kier alpha value is -2.28. The Morgan fingerprint density at radius 1 is 1.59 bits per heavy atom. The largest absolute Gasteiger partial charge is 0.478 e. The minimum absolute atomic E-state index is 0.182. The van der Waals surface area contributed by atoms with Crippen LogP contribution >= 0.6 is 0 Å². The molecule has 2 aliphatic heterocycles. The molecule has 1 aromatic carbocycles. The number of hydrogen-bond acceptors (Lipinski definition) is 4. The zero-order valence-corrected chi connectivity index (χ0v) is 12.5. The van der Waals surface area contributed by atoms with Gasteiger partial charge in [0, 0.05) is 25.6 Å². The minimum Gasteiger partial charge on any atom is -0.478 e. The second-order valence-electron chi connectivity index (χ2n) is 5.69. The molecule has 2 aliphatic rings. The number of methoxy groups -OCH3 is 1. The third kappa shape index (κ3) is 2.27. The van der Waals surface area contributed by atoms with E-state index in [4.69, 9.17) is 14.6 Å². The molecular weight excluding hydrogens is 288 g/mol. The fraction of sp³-hybridized carbons (Fsp3) is 0.467. The molecule has 0 spiro atoms. The van der Waals surface area contributed by atoms with Crippen molar-refractivity contribution in [3.8, 4) is 5.75 Å². The highest BCUT2D eigenvalue weighted by molar-refractivity contribution is 5.88. The first-order chi connectivity index (χ1) is 10.4. The number of ether oxygens (including phenoxy) is 2. The zero-order valence-electron chi connectivity index (χ0n) is 12.5. The Morgan fingerprint density at radius 3 is 3.05 bits per heavy atom. The Bertz CT molecular complexity index is 632. The van der Waals surface area contributed by atoms with Crippen LogP contribution in [0.1, 0.15) is 35.3 Å². The number of hydrogen-bond donors (Lipinski definition) is 2. The lowest BCUT2D eigenvalue weighted by molar-refractivity contribution is -0.0892.